The van der Waals surface area contributed by atoms with Crippen molar-refractivity contribution in [3.8, 4) is 0 Å². The molecule has 1 heterocycles. The van der Waals surface area contributed by atoms with Gasteiger partial charge >= 0.3 is 0 Å². The second kappa shape index (κ2) is 5.62. The SMILES string of the molecule is CC1(C)CC(CCO)CCN1c1ccc(Br)cc1. The van der Waals surface area contributed by atoms with Crippen LogP contribution in [0.3, 0.4) is 0 Å². The van der Waals surface area contributed by atoms with E-state index in [2.05, 4.69) is 58.9 Å². The van der Waals surface area contributed by atoms with Gasteiger partial charge in [0.25, 0.3) is 0 Å². The van der Waals surface area contributed by atoms with Gasteiger partial charge in [-0.3, -0.25) is 0 Å². The Bertz CT molecular complexity index is 388. The molecule has 1 saturated heterocycles. The Morgan fingerprint density at radius 3 is 2.56 bits per heavy atom. The van der Waals surface area contributed by atoms with Gasteiger partial charge in [0.1, 0.15) is 0 Å². The fourth-order valence-electron chi connectivity index (χ4n) is 3.06. The molecule has 1 fully saturated rings. The number of nitrogens with zero attached hydrogens (tertiary/aromatic N) is 1. The molecule has 1 unspecified atom stereocenters. The smallest absolute Gasteiger partial charge is 0.0433 e. The Balaban J connectivity index is 2.12. The molecular formula is C15H22BrNO. The van der Waals surface area contributed by atoms with Gasteiger partial charge in [-0.05, 0) is 63.3 Å². The highest BCUT2D eigenvalue weighted by atomic mass is 79.9. The standard InChI is InChI=1S/C15H22BrNO/c1-15(2)11-12(8-10-18)7-9-17(15)14-5-3-13(16)4-6-14/h3-6,12,18H,7-11H2,1-2H3. The number of rotatable bonds is 3. The number of benzene rings is 1. The Morgan fingerprint density at radius 1 is 1.33 bits per heavy atom. The van der Waals surface area contributed by atoms with Crippen LogP contribution in [0.2, 0.25) is 0 Å². The maximum Gasteiger partial charge on any atom is 0.0433 e. The molecule has 3 heteroatoms. The Kier molecular flexibility index (Phi) is 4.33. The maximum absolute atomic E-state index is 9.08. The van der Waals surface area contributed by atoms with Crippen LogP contribution in [0.25, 0.3) is 0 Å². The van der Waals surface area contributed by atoms with Crippen LogP contribution in [-0.2, 0) is 0 Å². The van der Waals surface area contributed by atoms with Gasteiger partial charge in [0.05, 0.1) is 0 Å². The number of anilines is 1. The fourth-order valence-corrected chi connectivity index (χ4v) is 3.33. The highest BCUT2D eigenvalue weighted by Gasteiger charge is 2.34. The van der Waals surface area contributed by atoms with Crippen LogP contribution in [0.1, 0.15) is 33.1 Å². The van der Waals surface area contributed by atoms with Gasteiger partial charge < -0.3 is 10.0 Å². The predicted molar refractivity (Wildman–Crippen MR) is 80.0 cm³/mol. The van der Waals surface area contributed by atoms with Crippen molar-refractivity contribution in [3.63, 3.8) is 0 Å². The molecule has 100 valence electrons. The number of hydrogen-bond donors (Lipinski definition) is 1. The minimum atomic E-state index is 0.173. The molecule has 2 rings (SSSR count). The van der Waals surface area contributed by atoms with Crippen molar-refractivity contribution in [2.24, 2.45) is 5.92 Å². The first-order valence-corrected chi connectivity index (χ1v) is 7.46. The summed E-state index contributed by atoms with van der Waals surface area (Å²) in [6.45, 7) is 6.01. The predicted octanol–water partition coefficient (Wildman–Crippen LogP) is 3.83. The summed E-state index contributed by atoms with van der Waals surface area (Å²) in [4.78, 5) is 2.49. The topological polar surface area (TPSA) is 23.5 Å². The zero-order chi connectivity index (χ0) is 13.2. The summed E-state index contributed by atoms with van der Waals surface area (Å²) in [6, 6.07) is 8.56. The summed E-state index contributed by atoms with van der Waals surface area (Å²) in [6.07, 6.45) is 3.28. The molecule has 0 amide bonds. The van der Waals surface area contributed by atoms with Gasteiger partial charge in [0, 0.05) is 28.9 Å². The largest absolute Gasteiger partial charge is 0.396 e. The molecule has 0 spiro atoms. The first kappa shape index (κ1) is 13.9. The number of aliphatic hydroxyl groups is 1. The summed E-state index contributed by atoms with van der Waals surface area (Å²) in [5.41, 5.74) is 1.47. The van der Waals surface area contributed by atoms with Gasteiger partial charge in [0.15, 0.2) is 0 Å². The normalized spacial score (nSPS) is 23.1. The number of halogens is 1. The number of hydrogen-bond acceptors (Lipinski definition) is 2. The fraction of sp³-hybridized carbons (Fsp3) is 0.600. The molecule has 1 aromatic rings. The second-order valence-corrected chi connectivity index (χ2v) is 6.73. The minimum Gasteiger partial charge on any atom is -0.396 e. The zero-order valence-electron chi connectivity index (χ0n) is 11.2. The van der Waals surface area contributed by atoms with Crippen molar-refractivity contribution in [1.29, 1.82) is 0 Å². The number of piperidine rings is 1. The van der Waals surface area contributed by atoms with E-state index in [0.717, 1.165) is 23.9 Å². The third-order valence-electron chi connectivity index (χ3n) is 3.96. The van der Waals surface area contributed by atoms with Crippen LogP contribution in [0.15, 0.2) is 28.7 Å². The molecule has 18 heavy (non-hydrogen) atoms. The summed E-state index contributed by atoms with van der Waals surface area (Å²) in [5, 5.41) is 9.08. The highest BCUT2D eigenvalue weighted by Crippen LogP contribution is 2.36. The van der Waals surface area contributed by atoms with E-state index in [-0.39, 0.29) is 5.54 Å². The van der Waals surface area contributed by atoms with Crippen molar-refractivity contribution in [2.75, 3.05) is 18.1 Å². The van der Waals surface area contributed by atoms with Crippen molar-refractivity contribution in [1.82, 2.24) is 0 Å². The lowest BCUT2D eigenvalue weighted by Crippen LogP contribution is -2.50. The summed E-state index contributed by atoms with van der Waals surface area (Å²) in [5.74, 6) is 0.664. The van der Waals surface area contributed by atoms with Gasteiger partial charge in [-0.25, -0.2) is 0 Å². The van der Waals surface area contributed by atoms with Gasteiger partial charge in [-0.2, -0.15) is 0 Å². The molecular weight excluding hydrogens is 290 g/mol. The second-order valence-electron chi connectivity index (χ2n) is 5.81. The molecule has 0 saturated carbocycles. The van der Waals surface area contributed by atoms with E-state index in [0.29, 0.717) is 12.5 Å². The summed E-state index contributed by atoms with van der Waals surface area (Å²) in [7, 11) is 0. The van der Waals surface area contributed by atoms with Gasteiger partial charge in [-0.1, -0.05) is 15.9 Å². The maximum atomic E-state index is 9.08. The average molecular weight is 312 g/mol. The third-order valence-corrected chi connectivity index (χ3v) is 4.48. The van der Waals surface area contributed by atoms with E-state index in [1.165, 1.54) is 12.1 Å². The van der Waals surface area contributed by atoms with Crippen molar-refractivity contribution in [3.05, 3.63) is 28.7 Å². The lowest BCUT2D eigenvalue weighted by molar-refractivity contribution is 0.205. The van der Waals surface area contributed by atoms with E-state index in [4.69, 9.17) is 5.11 Å². The van der Waals surface area contributed by atoms with Crippen LogP contribution in [0.5, 0.6) is 0 Å². The zero-order valence-corrected chi connectivity index (χ0v) is 12.8. The average Bonchev–Trinajstić information content (AvgIpc) is 2.30. The van der Waals surface area contributed by atoms with E-state index in [1.807, 2.05) is 0 Å². The van der Waals surface area contributed by atoms with Gasteiger partial charge in [0.2, 0.25) is 0 Å². The van der Waals surface area contributed by atoms with E-state index >= 15 is 0 Å². The van der Waals surface area contributed by atoms with Crippen molar-refractivity contribution in [2.45, 2.75) is 38.6 Å². The highest BCUT2D eigenvalue weighted by molar-refractivity contribution is 9.10. The quantitative estimate of drug-likeness (QED) is 0.917. The van der Waals surface area contributed by atoms with Crippen LogP contribution >= 0.6 is 15.9 Å². The number of aliphatic hydroxyl groups excluding tert-OH is 1. The van der Waals surface area contributed by atoms with Gasteiger partial charge in [-0.15, -0.1) is 0 Å². The first-order valence-electron chi connectivity index (χ1n) is 6.67. The Labute approximate surface area is 118 Å². The summed E-state index contributed by atoms with van der Waals surface area (Å²) < 4.78 is 1.12. The lowest BCUT2D eigenvalue weighted by Gasteiger charge is -2.47. The molecule has 0 bridgehead atoms. The van der Waals surface area contributed by atoms with E-state index in [1.54, 1.807) is 0 Å². The molecule has 0 aromatic heterocycles. The molecule has 0 aliphatic carbocycles. The van der Waals surface area contributed by atoms with Crippen molar-refractivity contribution < 1.29 is 5.11 Å². The summed E-state index contributed by atoms with van der Waals surface area (Å²) >= 11 is 3.48. The molecule has 1 N–H and O–H groups in total. The van der Waals surface area contributed by atoms with Crippen LogP contribution in [0.4, 0.5) is 5.69 Å². The Hall–Kier alpha value is -0.540. The monoisotopic (exact) mass is 311 g/mol. The minimum absolute atomic E-state index is 0.173. The van der Waals surface area contributed by atoms with Crippen LogP contribution < -0.4 is 4.90 Å². The molecule has 1 aliphatic rings. The molecule has 1 aliphatic heterocycles. The molecule has 0 radical (unpaired) electrons. The molecule has 1 aromatic carbocycles. The van der Waals surface area contributed by atoms with Crippen molar-refractivity contribution >= 4 is 21.6 Å². The van der Waals surface area contributed by atoms with Crippen LogP contribution in [0, 0.1) is 5.92 Å². The van der Waals surface area contributed by atoms with E-state index < -0.39 is 0 Å². The Morgan fingerprint density at radius 2 is 2.00 bits per heavy atom. The van der Waals surface area contributed by atoms with E-state index in [9.17, 15) is 0 Å². The lowest BCUT2D eigenvalue weighted by atomic mass is 9.81. The molecule has 1 atom stereocenters. The van der Waals surface area contributed by atoms with Crippen LogP contribution in [-0.4, -0.2) is 23.8 Å². The first-order chi connectivity index (χ1) is 8.53. The third kappa shape index (κ3) is 3.07. The molecule has 2 nitrogen and oxygen atoms in total.